The standard InChI is InChI=1S/C13H19NO/c1-11(2)9-12(14-3)10-15-13-7-5-4-6-8-13/h4-8,12,14H,1,9-10H2,2-3H3. The molecule has 1 atom stereocenters. The molecular weight excluding hydrogens is 186 g/mol. The predicted octanol–water partition coefficient (Wildman–Crippen LogP) is 2.62. The number of rotatable bonds is 6. The topological polar surface area (TPSA) is 21.3 Å². The normalized spacial score (nSPS) is 12.1. The smallest absolute Gasteiger partial charge is 0.119 e. The third-order valence-corrected chi connectivity index (χ3v) is 2.20. The molecule has 82 valence electrons. The first-order chi connectivity index (χ1) is 7.22. The molecule has 0 saturated carbocycles. The summed E-state index contributed by atoms with van der Waals surface area (Å²) < 4.78 is 5.66. The lowest BCUT2D eigenvalue weighted by atomic mass is 10.1. The van der Waals surface area contributed by atoms with E-state index in [0.29, 0.717) is 12.6 Å². The summed E-state index contributed by atoms with van der Waals surface area (Å²) in [7, 11) is 1.95. The van der Waals surface area contributed by atoms with Gasteiger partial charge < -0.3 is 10.1 Å². The molecule has 0 aliphatic rings. The van der Waals surface area contributed by atoms with Crippen molar-refractivity contribution in [2.45, 2.75) is 19.4 Å². The van der Waals surface area contributed by atoms with E-state index in [2.05, 4.69) is 11.9 Å². The van der Waals surface area contributed by atoms with Crippen LogP contribution in [0.3, 0.4) is 0 Å². The number of hydrogen-bond donors (Lipinski definition) is 1. The molecule has 0 amide bonds. The summed E-state index contributed by atoms with van der Waals surface area (Å²) in [6, 6.07) is 10.2. The Kier molecular flexibility index (Phi) is 4.91. The molecule has 15 heavy (non-hydrogen) atoms. The number of likely N-dealkylation sites (N-methyl/N-ethyl adjacent to an activating group) is 1. The van der Waals surface area contributed by atoms with Crippen LogP contribution in [0.25, 0.3) is 0 Å². The van der Waals surface area contributed by atoms with E-state index < -0.39 is 0 Å². The molecule has 0 saturated heterocycles. The lowest BCUT2D eigenvalue weighted by Crippen LogP contribution is -2.31. The first-order valence-electron chi connectivity index (χ1n) is 5.22. The van der Waals surface area contributed by atoms with Crippen molar-refractivity contribution in [3.8, 4) is 5.75 Å². The van der Waals surface area contributed by atoms with Gasteiger partial charge in [0.25, 0.3) is 0 Å². The Bertz CT molecular complexity index is 295. The molecule has 0 bridgehead atoms. The monoisotopic (exact) mass is 205 g/mol. The average molecular weight is 205 g/mol. The third kappa shape index (κ3) is 4.66. The second-order valence-corrected chi connectivity index (χ2v) is 3.77. The highest BCUT2D eigenvalue weighted by Gasteiger charge is 2.06. The molecule has 2 nitrogen and oxygen atoms in total. The lowest BCUT2D eigenvalue weighted by molar-refractivity contribution is 0.269. The zero-order valence-corrected chi connectivity index (χ0v) is 9.49. The maximum Gasteiger partial charge on any atom is 0.119 e. The van der Waals surface area contributed by atoms with Gasteiger partial charge in [-0.25, -0.2) is 0 Å². The molecule has 0 heterocycles. The van der Waals surface area contributed by atoms with Crippen molar-refractivity contribution in [3.63, 3.8) is 0 Å². The third-order valence-electron chi connectivity index (χ3n) is 2.20. The van der Waals surface area contributed by atoms with Crippen molar-refractivity contribution < 1.29 is 4.74 Å². The van der Waals surface area contributed by atoms with Crippen LogP contribution in [0.15, 0.2) is 42.5 Å². The molecule has 0 aliphatic carbocycles. The highest BCUT2D eigenvalue weighted by atomic mass is 16.5. The van der Waals surface area contributed by atoms with Gasteiger partial charge in [-0.05, 0) is 32.5 Å². The van der Waals surface area contributed by atoms with Crippen molar-refractivity contribution in [2.24, 2.45) is 0 Å². The minimum absolute atomic E-state index is 0.336. The summed E-state index contributed by atoms with van der Waals surface area (Å²) in [6.07, 6.45) is 0.948. The van der Waals surface area contributed by atoms with Crippen molar-refractivity contribution >= 4 is 0 Å². The quantitative estimate of drug-likeness (QED) is 0.721. The van der Waals surface area contributed by atoms with Crippen LogP contribution < -0.4 is 10.1 Å². The maximum atomic E-state index is 5.66. The highest BCUT2D eigenvalue weighted by molar-refractivity contribution is 5.20. The van der Waals surface area contributed by atoms with E-state index in [0.717, 1.165) is 12.2 Å². The zero-order chi connectivity index (χ0) is 11.1. The molecular formula is C13H19NO. The van der Waals surface area contributed by atoms with Crippen LogP contribution in [0.4, 0.5) is 0 Å². The molecule has 0 spiro atoms. The SMILES string of the molecule is C=C(C)CC(COc1ccccc1)NC. The first-order valence-corrected chi connectivity index (χ1v) is 5.22. The maximum absolute atomic E-state index is 5.66. The summed E-state index contributed by atoms with van der Waals surface area (Å²) in [5, 5.41) is 3.22. The Hall–Kier alpha value is -1.28. The van der Waals surface area contributed by atoms with Crippen LogP contribution in [0.2, 0.25) is 0 Å². The second kappa shape index (κ2) is 6.25. The van der Waals surface area contributed by atoms with E-state index in [9.17, 15) is 0 Å². The van der Waals surface area contributed by atoms with Gasteiger partial charge in [0.15, 0.2) is 0 Å². The molecule has 0 aliphatic heterocycles. The number of hydrogen-bond acceptors (Lipinski definition) is 2. The predicted molar refractivity (Wildman–Crippen MR) is 64.2 cm³/mol. The van der Waals surface area contributed by atoms with Crippen LogP contribution in [0.1, 0.15) is 13.3 Å². The molecule has 0 radical (unpaired) electrons. The Morgan fingerprint density at radius 1 is 1.40 bits per heavy atom. The van der Waals surface area contributed by atoms with Crippen LogP contribution in [0.5, 0.6) is 5.75 Å². The molecule has 1 unspecified atom stereocenters. The number of nitrogens with one attached hydrogen (secondary N) is 1. The first kappa shape index (κ1) is 11.8. The van der Waals surface area contributed by atoms with E-state index >= 15 is 0 Å². The van der Waals surface area contributed by atoms with Gasteiger partial charge in [0.2, 0.25) is 0 Å². The van der Waals surface area contributed by atoms with E-state index in [-0.39, 0.29) is 0 Å². The highest BCUT2D eigenvalue weighted by Crippen LogP contribution is 2.10. The summed E-state index contributed by atoms with van der Waals surface area (Å²) in [4.78, 5) is 0. The number of para-hydroxylation sites is 1. The number of ether oxygens (including phenoxy) is 1. The van der Waals surface area contributed by atoms with E-state index in [1.54, 1.807) is 0 Å². The molecule has 1 N–H and O–H groups in total. The van der Waals surface area contributed by atoms with E-state index in [4.69, 9.17) is 4.74 Å². The Balaban J connectivity index is 2.37. The molecule has 0 aromatic heterocycles. The molecule has 1 aromatic rings. The molecule has 1 rings (SSSR count). The lowest BCUT2D eigenvalue weighted by Gasteiger charge is -2.16. The van der Waals surface area contributed by atoms with Gasteiger partial charge in [0.1, 0.15) is 12.4 Å². The largest absolute Gasteiger partial charge is 0.492 e. The molecule has 1 aromatic carbocycles. The fraction of sp³-hybridized carbons (Fsp3) is 0.385. The van der Waals surface area contributed by atoms with Gasteiger partial charge in [0.05, 0.1) is 0 Å². The van der Waals surface area contributed by atoms with Crippen LogP contribution in [-0.2, 0) is 0 Å². The fourth-order valence-electron chi connectivity index (χ4n) is 1.38. The van der Waals surface area contributed by atoms with Crippen molar-refractivity contribution in [2.75, 3.05) is 13.7 Å². The summed E-state index contributed by atoms with van der Waals surface area (Å²) in [5.74, 6) is 0.916. The summed E-state index contributed by atoms with van der Waals surface area (Å²) in [6.45, 7) is 6.61. The van der Waals surface area contributed by atoms with Crippen LogP contribution in [0, 0.1) is 0 Å². The minimum atomic E-state index is 0.336. The van der Waals surface area contributed by atoms with E-state index in [1.807, 2.05) is 44.3 Å². The van der Waals surface area contributed by atoms with Gasteiger partial charge in [-0.1, -0.05) is 23.8 Å². The molecule has 2 heteroatoms. The van der Waals surface area contributed by atoms with Gasteiger partial charge in [-0.2, -0.15) is 0 Å². The van der Waals surface area contributed by atoms with Gasteiger partial charge >= 0.3 is 0 Å². The summed E-state index contributed by atoms with van der Waals surface area (Å²) in [5.41, 5.74) is 1.17. The average Bonchev–Trinajstić information content (AvgIpc) is 2.25. The van der Waals surface area contributed by atoms with E-state index in [1.165, 1.54) is 5.57 Å². The van der Waals surface area contributed by atoms with Gasteiger partial charge in [-0.3, -0.25) is 0 Å². The van der Waals surface area contributed by atoms with Gasteiger partial charge in [0, 0.05) is 6.04 Å². The Labute approximate surface area is 92.0 Å². The fourth-order valence-corrected chi connectivity index (χ4v) is 1.38. The molecule has 0 fully saturated rings. The van der Waals surface area contributed by atoms with Crippen LogP contribution in [-0.4, -0.2) is 19.7 Å². The van der Waals surface area contributed by atoms with Crippen LogP contribution >= 0.6 is 0 Å². The Morgan fingerprint density at radius 2 is 2.07 bits per heavy atom. The zero-order valence-electron chi connectivity index (χ0n) is 9.49. The number of benzene rings is 1. The van der Waals surface area contributed by atoms with Gasteiger partial charge in [-0.15, -0.1) is 6.58 Å². The van der Waals surface area contributed by atoms with Crippen molar-refractivity contribution in [3.05, 3.63) is 42.5 Å². The Morgan fingerprint density at radius 3 is 2.60 bits per heavy atom. The minimum Gasteiger partial charge on any atom is -0.492 e. The second-order valence-electron chi connectivity index (χ2n) is 3.77. The van der Waals surface area contributed by atoms with Crippen molar-refractivity contribution in [1.82, 2.24) is 5.32 Å². The summed E-state index contributed by atoms with van der Waals surface area (Å²) >= 11 is 0. The van der Waals surface area contributed by atoms with Crippen molar-refractivity contribution in [1.29, 1.82) is 0 Å².